The number of anilines is 3. The summed E-state index contributed by atoms with van der Waals surface area (Å²) in [5, 5.41) is 9.69. The van der Waals surface area contributed by atoms with Gasteiger partial charge in [0.1, 0.15) is 11.2 Å². The smallest absolute Gasteiger partial charge is 0.143 e. The molecule has 4 heteroatoms. The van der Waals surface area contributed by atoms with Crippen LogP contribution in [0.25, 0.3) is 114 Å². The SMILES string of the molecule is c1cc(-c2cccc3c2oc2ccccc23)cc(N(c2ccc(-c3cccc4ccccc34)cc2)c2cc(-c3ccccc3-n3c4ccccc4c4ccccc43)c3sc4ccccc4c3c2)c1. The molecule has 0 saturated carbocycles. The Hall–Kier alpha value is -8.70. The molecule has 0 N–H and O–H groups in total. The predicted octanol–water partition coefficient (Wildman–Crippen LogP) is 18.7. The van der Waals surface area contributed by atoms with Crippen molar-refractivity contribution in [3.63, 3.8) is 0 Å². The van der Waals surface area contributed by atoms with Gasteiger partial charge in [-0.2, -0.15) is 0 Å². The normalized spacial score (nSPS) is 11.8. The second-order valence-electron chi connectivity index (χ2n) is 17.6. The van der Waals surface area contributed by atoms with Crippen molar-refractivity contribution in [3.05, 3.63) is 243 Å². The van der Waals surface area contributed by atoms with Crippen LogP contribution in [0, 0.1) is 0 Å². The van der Waals surface area contributed by atoms with E-state index in [-0.39, 0.29) is 0 Å². The van der Waals surface area contributed by atoms with E-state index in [9.17, 15) is 0 Å². The molecule has 3 heterocycles. The fourth-order valence-electron chi connectivity index (χ4n) is 10.7. The van der Waals surface area contributed by atoms with Crippen molar-refractivity contribution in [1.82, 2.24) is 4.57 Å². The van der Waals surface area contributed by atoms with Crippen molar-refractivity contribution in [3.8, 4) is 39.1 Å². The first-order valence-electron chi connectivity index (χ1n) is 23.2. The Bertz CT molecular complexity index is 4230. The molecule has 0 aliphatic heterocycles. The molecule has 0 spiro atoms. The summed E-state index contributed by atoms with van der Waals surface area (Å²) in [6, 6.07) is 88.3. The summed E-state index contributed by atoms with van der Waals surface area (Å²) < 4.78 is 11.6. The number of fused-ring (bicyclic) bond motifs is 10. The quantitative estimate of drug-likeness (QED) is 0.159. The average molecular weight is 885 g/mol. The van der Waals surface area contributed by atoms with Gasteiger partial charge in [0.15, 0.2) is 0 Å². The van der Waals surface area contributed by atoms with Crippen LogP contribution >= 0.6 is 11.3 Å². The van der Waals surface area contributed by atoms with E-state index in [0.717, 1.165) is 55.8 Å². The molecule has 3 nitrogen and oxygen atoms in total. The van der Waals surface area contributed by atoms with Gasteiger partial charge in [0.05, 0.1) is 16.7 Å². The van der Waals surface area contributed by atoms with Crippen LogP contribution in [0.2, 0.25) is 0 Å². The highest BCUT2D eigenvalue weighted by molar-refractivity contribution is 7.26. The lowest BCUT2D eigenvalue weighted by Gasteiger charge is -2.27. The second kappa shape index (κ2) is 15.5. The number of nitrogens with zero attached hydrogens (tertiary/aromatic N) is 2. The highest BCUT2D eigenvalue weighted by Gasteiger charge is 2.23. The van der Waals surface area contributed by atoms with Crippen LogP contribution in [0.15, 0.2) is 247 Å². The third-order valence-electron chi connectivity index (χ3n) is 13.8. The van der Waals surface area contributed by atoms with Crippen LogP contribution in [0.1, 0.15) is 0 Å². The first kappa shape index (κ1) is 38.6. The van der Waals surface area contributed by atoms with Gasteiger partial charge < -0.3 is 13.9 Å². The monoisotopic (exact) mass is 884 g/mol. The van der Waals surface area contributed by atoms with E-state index in [4.69, 9.17) is 4.42 Å². The number of rotatable bonds is 7. The Balaban J connectivity index is 1.02. The zero-order valence-electron chi connectivity index (χ0n) is 36.8. The molecule has 0 bridgehead atoms. The second-order valence-corrected chi connectivity index (χ2v) is 18.6. The highest BCUT2D eigenvalue weighted by atomic mass is 32.1. The molecular formula is C64H40N2OS. The third kappa shape index (κ3) is 6.05. The van der Waals surface area contributed by atoms with E-state index in [2.05, 4.69) is 246 Å². The molecule has 0 fully saturated rings. The third-order valence-corrected chi connectivity index (χ3v) is 15.0. The molecule has 0 amide bonds. The first-order valence-corrected chi connectivity index (χ1v) is 24.0. The summed E-state index contributed by atoms with van der Waals surface area (Å²) in [7, 11) is 0. The Labute approximate surface area is 396 Å². The molecule has 0 aliphatic rings. The Morgan fingerprint density at radius 2 is 0.971 bits per heavy atom. The molecular weight excluding hydrogens is 845 g/mol. The minimum absolute atomic E-state index is 0.893. The summed E-state index contributed by atoms with van der Waals surface area (Å²) >= 11 is 1.87. The number of para-hydroxylation sites is 5. The van der Waals surface area contributed by atoms with E-state index in [1.807, 2.05) is 17.4 Å². The van der Waals surface area contributed by atoms with Gasteiger partial charge >= 0.3 is 0 Å². The fraction of sp³-hybridized carbons (Fsp3) is 0. The summed E-state index contributed by atoms with van der Waals surface area (Å²) in [6.45, 7) is 0. The number of furan rings is 1. The maximum absolute atomic E-state index is 6.62. The molecule has 0 unspecified atom stereocenters. The van der Waals surface area contributed by atoms with Crippen LogP contribution in [0.3, 0.4) is 0 Å². The summed E-state index contributed by atoms with van der Waals surface area (Å²) in [4.78, 5) is 2.44. The topological polar surface area (TPSA) is 21.3 Å². The number of thiophene rings is 1. The first-order chi connectivity index (χ1) is 33.7. The molecule has 3 aromatic heterocycles. The maximum Gasteiger partial charge on any atom is 0.143 e. The van der Waals surface area contributed by atoms with Gasteiger partial charge in [0.2, 0.25) is 0 Å². The van der Waals surface area contributed by atoms with Crippen molar-refractivity contribution in [1.29, 1.82) is 0 Å². The van der Waals surface area contributed by atoms with Crippen molar-refractivity contribution < 1.29 is 4.42 Å². The summed E-state index contributed by atoms with van der Waals surface area (Å²) in [5.41, 5.74) is 15.4. The molecule has 0 aliphatic carbocycles. The molecule has 68 heavy (non-hydrogen) atoms. The van der Waals surface area contributed by atoms with Crippen LogP contribution in [-0.4, -0.2) is 4.57 Å². The fourth-order valence-corrected chi connectivity index (χ4v) is 11.9. The average Bonchev–Trinajstić information content (AvgIpc) is 4.09. The highest BCUT2D eigenvalue weighted by Crippen LogP contribution is 2.48. The zero-order valence-corrected chi connectivity index (χ0v) is 37.6. The summed E-state index contributed by atoms with van der Waals surface area (Å²) in [6.07, 6.45) is 0. The van der Waals surface area contributed by atoms with Gasteiger partial charge in [0, 0.05) is 75.5 Å². The van der Waals surface area contributed by atoms with Crippen LogP contribution in [0.5, 0.6) is 0 Å². The van der Waals surface area contributed by atoms with Crippen molar-refractivity contribution in [2.75, 3.05) is 4.90 Å². The number of aromatic nitrogens is 1. The van der Waals surface area contributed by atoms with E-state index in [1.165, 1.54) is 75.0 Å². The summed E-state index contributed by atoms with van der Waals surface area (Å²) in [5.74, 6) is 0. The van der Waals surface area contributed by atoms with E-state index >= 15 is 0 Å². The lowest BCUT2D eigenvalue weighted by atomic mass is 9.97. The van der Waals surface area contributed by atoms with Gasteiger partial charge in [-0.25, -0.2) is 0 Å². The van der Waals surface area contributed by atoms with Gasteiger partial charge in [0.25, 0.3) is 0 Å². The van der Waals surface area contributed by atoms with E-state index < -0.39 is 0 Å². The van der Waals surface area contributed by atoms with Crippen molar-refractivity contribution in [2.24, 2.45) is 0 Å². The molecule has 0 radical (unpaired) electrons. The van der Waals surface area contributed by atoms with Crippen LogP contribution < -0.4 is 4.90 Å². The molecule has 14 rings (SSSR count). The minimum Gasteiger partial charge on any atom is -0.455 e. The lowest BCUT2D eigenvalue weighted by Crippen LogP contribution is -2.10. The minimum atomic E-state index is 0.893. The standard InChI is InChI=1S/C64H40N2OS/c1-2-20-47-41(16-1)17-14-26-48(47)42-34-36-44(37-35-42)65(45-19-13-18-43(38-45)49-27-15-28-55-53-24-6-11-32-61(53)67-63(49)55)46-39-56(64-57(40-46)54-25-7-12-33-62(54)68-64)52-23-5-10-31-60(52)66-58-29-8-3-21-50(58)51-22-4-9-30-59(51)66/h1-40H. The van der Waals surface area contributed by atoms with Gasteiger partial charge in [-0.1, -0.05) is 176 Å². The molecule has 14 aromatic rings. The lowest BCUT2D eigenvalue weighted by molar-refractivity contribution is 0.670. The number of hydrogen-bond acceptors (Lipinski definition) is 3. The Morgan fingerprint density at radius 1 is 0.353 bits per heavy atom. The molecule has 0 saturated heterocycles. The Morgan fingerprint density at radius 3 is 1.81 bits per heavy atom. The van der Waals surface area contributed by atoms with Crippen molar-refractivity contribution >= 4 is 103 Å². The zero-order chi connectivity index (χ0) is 44.7. The van der Waals surface area contributed by atoms with E-state index in [0.29, 0.717) is 0 Å². The number of hydrogen-bond donors (Lipinski definition) is 0. The van der Waals surface area contributed by atoms with E-state index in [1.54, 1.807) is 0 Å². The Kier molecular flexibility index (Phi) is 8.76. The number of benzene rings is 11. The van der Waals surface area contributed by atoms with Gasteiger partial charge in [-0.15, -0.1) is 11.3 Å². The predicted molar refractivity (Wildman–Crippen MR) is 289 cm³/mol. The van der Waals surface area contributed by atoms with Gasteiger partial charge in [-0.05, 0) is 94.2 Å². The van der Waals surface area contributed by atoms with Gasteiger partial charge in [-0.3, -0.25) is 0 Å². The van der Waals surface area contributed by atoms with Crippen LogP contribution in [-0.2, 0) is 0 Å². The van der Waals surface area contributed by atoms with Crippen molar-refractivity contribution in [2.45, 2.75) is 0 Å². The largest absolute Gasteiger partial charge is 0.455 e. The van der Waals surface area contributed by atoms with Crippen LogP contribution in [0.4, 0.5) is 17.1 Å². The molecule has 318 valence electrons. The molecule has 11 aromatic carbocycles. The molecule has 0 atom stereocenters. The maximum atomic E-state index is 6.62.